The Morgan fingerprint density at radius 3 is 2.07 bits per heavy atom. The van der Waals surface area contributed by atoms with Crippen molar-refractivity contribution >= 4 is 11.4 Å². The molecule has 0 saturated heterocycles. The Morgan fingerprint density at radius 1 is 0.741 bits per heavy atom. The van der Waals surface area contributed by atoms with Crippen LogP contribution in [0.15, 0.2) is 52.7 Å². The summed E-state index contributed by atoms with van der Waals surface area (Å²) in [7, 11) is 0. The molecule has 4 nitrogen and oxygen atoms in total. The van der Waals surface area contributed by atoms with Crippen LogP contribution in [0.25, 0.3) is 0 Å². The van der Waals surface area contributed by atoms with Crippen molar-refractivity contribution < 1.29 is 9.47 Å². The number of nitrogens with zero attached hydrogens (tertiary/aromatic N) is 2. The van der Waals surface area contributed by atoms with E-state index in [9.17, 15) is 0 Å². The first-order valence-corrected chi connectivity index (χ1v) is 10.1. The largest absolute Gasteiger partial charge is 0.493 e. The van der Waals surface area contributed by atoms with Crippen LogP contribution in [0.2, 0.25) is 0 Å². The molecule has 0 spiro atoms. The molecule has 0 atom stereocenters. The van der Waals surface area contributed by atoms with E-state index in [-0.39, 0.29) is 0 Å². The van der Waals surface area contributed by atoms with Gasteiger partial charge in [-0.25, -0.2) is 0 Å². The molecule has 0 bridgehead atoms. The van der Waals surface area contributed by atoms with Crippen LogP contribution in [0.5, 0.6) is 11.5 Å². The van der Waals surface area contributed by atoms with Gasteiger partial charge in [-0.15, -0.1) is 5.11 Å². The van der Waals surface area contributed by atoms with Gasteiger partial charge in [0.1, 0.15) is 17.2 Å². The van der Waals surface area contributed by atoms with E-state index < -0.39 is 0 Å². The standard InChI is InChI=1S/C23H32N2O2/c1-4-6-8-16-26-21-14-15-22(23(18-21)27-17-9-7-5-2)25-24-20-12-10-19(3)11-13-20/h10-15,18H,4-9,16-17H2,1-3H3. The second-order valence-corrected chi connectivity index (χ2v) is 6.78. The van der Waals surface area contributed by atoms with Gasteiger partial charge in [0.25, 0.3) is 0 Å². The van der Waals surface area contributed by atoms with Gasteiger partial charge in [0.05, 0.1) is 18.9 Å². The third-order valence-electron chi connectivity index (χ3n) is 4.26. The molecule has 0 heterocycles. The van der Waals surface area contributed by atoms with E-state index in [1.54, 1.807) is 0 Å². The maximum atomic E-state index is 5.98. The number of hydrogen-bond donors (Lipinski definition) is 0. The van der Waals surface area contributed by atoms with E-state index in [0.29, 0.717) is 6.61 Å². The molecule has 2 rings (SSSR count). The molecule has 0 radical (unpaired) electrons. The highest BCUT2D eigenvalue weighted by atomic mass is 16.5. The highest BCUT2D eigenvalue weighted by Gasteiger charge is 2.07. The molecule has 0 aromatic heterocycles. The molecule has 27 heavy (non-hydrogen) atoms. The predicted octanol–water partition coefficient (Wildman–Crippen LogP) is 7.55. The minimum atomic E-state index is 0.681. The van der Waals surface area contributed by atoms with Crippen LogP contribution in [0.3, 0.4) is 0 Å². The first-order chi connectivity index (χ1) is 13.2. The van der Waals surface area contributed by atoms with E-state index in [1.807, 2.05) is 42.5 Å². The Labute approximate surface area is 163 Å². The van der Waals surface area contributed by atoms with Crippen molar-refractivity contribution in [3.05, 3.63) is 48.0 Å². The SMILES string of the molecule is CCCCCOc1ccc(N=Nc2ccc(C)cc2)c(OCCCCC)c1. The summed E-state index contributed by atoms with van der Waals surface area (Å²) in [6, 6.07) is 13.8. The van der Waals surface area contributed by atoms with Gasteiger partial charge in [-0.1, -0.05) is 57.2 Å². The summed E-state index contributed by atoms with van der Waals surface area (Å²) in [5.41, 5.74) is 2.77. The Bertz CT molecular complexity index is 696. The first-order valence-electron chi connectivity index (χ1n) is 10.1. The molecule has 4 heteroatoms. The number of unbranched alkanes of at least 4 members (excludes halogenated alkanes) is 4. The first kappa shape index (κ1) is 20.9. The van der Waals surface area contributed by atoms with E-state index in [0.717, 1.165) is 48.7 Å². The number of hydrogen-bond acceptors (Lipinski definition) is 4. The zero-order chi connectivity index (χ0) is 19.3. The minimum absolute atomic E-state index is 0.681. The fraction of sp³-hybridized carbons (Fsp3) is 0.478. The van der Waals surface area contributed by atoms with Crippen molar-refractivity contribution in [1.29, 1.82) is 0 Å². The highest BCUT2D eigenvalue weighted by molar-refractivity contribution is 5.55. The number of azo groups is 1. The van der Waals surface area contributed by atoms with Crippen LogP contribution in [-0.4, -0.2) is 13.2 Å². The minimum Gasteiger partial charge on any atom is -0.493 e. The van der Waals surface area contributed by atoms with Gasteiger partial charge in [0, 0.05) is 6.07 Å². The summed E-state index contributed by atoms with van der Waals surface area (Å²) in [6.07, 6.45) is 6.80. The normalized spacial score (nSPS) is 11.1. The second-order valence-electron chi connectivity index (χ2n) is 6.78. The molecule has 0 N–H and O–H groups in total. The van der Waals surface area contributed by atoms with Gasteiger partial charge in [-0.3, -0.25) is 0 Å². The van der Waals surface area contributed by atoms with Gasteiger partial charge in [-0.2, -0.15) is 5.11 Å². The average molecular weight is 369 g/mol. The third kappa shape index (κ3) is 7.81. The van der Waals surface area contributed by atoms with Crippen LogP contribution in [-0.2, 0) is 0 Å². The molecule has 0 amide bonds. The molecule has 0 aliphatic rings. The monoisotopic (exact) mass is 368 g/mol. The molecule has 0 unspecified atom stereocenters. The molecule has 0 fully saturated rings. The van der Waals surface area contributed by atoms with Gasteiger partial charge in [0.2, 0.25) is 0 Å². The van der Waals surface area contributed by atoms with Crippen molar-refractivity contribution in [2.75, 3.05) is 13.2 Å². The number of aryl methyl sites for hydroxylation is 1. The molecule has 0 saturated carbocycles. The maximum absolute atomic E-state index is 5.98. The molecular formula is C23H32N2O2. The molecule has 0 aliphatic heterocycles. The number of rotatable bonds is 12. The lowest BCUT2D eigenvalue weighted by atomic mass is 10.2. The van der Waals surface area contributed by atoms with Crippen LogP contribution in [0.1, 0.15) is 57.9 Å². The number of ether oxygens (including phenoxy) is 2. The summed E-state index contributed by atoms with van der Waals surface area (Å²) < 4.78 is 11.8. The fourth-order valence-corrected chi connectivity index (χ4v) is 2.58. The summed E-state index contributed by atoms with van der Waals surface area (Å²) in [4.78, 5) is 0. The topological polar surface area (TPSA) is 43.2 Å². The predicted molar refractivity (Wildman–Crippen MR) is 112 cm³/mol. The average Bonchev–Trinajstić information content (AvgIpc) is 2.69. The van der Waals surface area contributed by atoms with Crippen LogP contribution < -0.4 is 9.47 Å². The van der Waals surface area contributed by atoms with Gasteiger partial charge in [0.15, 0.2) is 0 Å². The van der Waals surface area contributed by atoms with E-state index >= 15 is 0 Å². The van der Waals surface area contributed by atoms with Crippen LogP contribution in [0.4, 0.5) is 11.4 Å². The molecule has 2 aromatic carbocycles. The van der Waals surface area contributed by atoms with Crippen LogP contribution >= 0.6 is 0 Å². The Morgan fingerprint density at radius 2 is 1.41 bits per heavy atom. The summed E-state index contributed by atoms with van der Waals surface area (Å²) in [5.74, 6) is 1.56. The van der Waals surface area contributed by atoms with Crippen molar-refractivity contribution in [1.82, 2.24) is 0 Å². The zero-order valence-corrected chi connectivity index (χ0v) is 16.9. The van der Waals surface area contributed by atoms with Crippen molar-refractivity contribution in [3.63, 3.8) is 0 Å². The van der Waals surface area contributed by atoms with E-state index in [2.05, 4.69) is 31.0 Å². The number of benzene rings is 2. The Balaban J connectivity index is 2.08. The lowest BCUT2D eigenvalue weighted by molar-refractivity contribution is 0.292. The Hall–Kier alpha value is -2.36. The van der Waals surface area contributed by atoms with E-state index in [4.69, 9.17) is 9.47 Å². The molecule has 0 aliphatic carbocycles. The smallest absolute Gasteiger partial charge is 0.150 e. The second kappa shape index (κ2) is 12.1. The zero-order valence-electron chi connectivity index (χ0n) is 16.9. The van der Waals surface area contributed by atoms with Crippen molar-refractivity contribution in [2.24, 2.45) is 10.2 Å². The molecule has 146 valence electrons. The van der Waals surface area contributed by atoms with Crippen molar-refractivity contribution in [2.45, 2.75) is 59.3 Å². The summed E-state index contributed by atoms with van der Waals surface area (Å²) >= 11 is 0. The van der Waals surface area contributed by atoms with E-state index in [1.165, 1.54) is 24.8 Å². The summed E-state index contributed by atoms with van der Waals surface area (Å²) in [6.45, 7) is 7.85. The Kier molecular flexibility index (Phi) is 9.39. The highest BCUT2D eigenvalue weighted by Crippen LogP contribution is 2.33. The third-order valence-corrected chi connectivity index (χ3v) is 4.26. The maximum Gasteiger partial charge on any atom is 0.150 e. The van der Waals surface area contributed by atoms with Gasteiger partial charge >= 0.3 is 0 Å². The molecule has 2 aromatic rings. The lowest BCUT2D eigenvalue weighted by Gasteiger charge is -2.11. The van der Waals surface area contributed by atoms with Crippen molar-refractivity contribution in [3.8, 4) is 11.5 Å². The quantitative estimate of drug-likeness (QED) is 0.287. The molecular weight excluding hydrogens is 336 g/mol. The summed E-state index contributed by atoms with van der Waals surface area (Å²) in [5, 5.41) is 8.74. The van der Waals surface area contributed by atoms with Gasteiger partial charge in [-0.05, 0) is 44.0 Å². The fourth-order valence-electron chi connectivity index (χ4n) is 2.58. The van der Waals surface area contributed by atoms with Gasteiger partial charge < -0.3 is 9.47 Å². The lowest BCUT2D eigenvalue weighted by Crippen LogP contribution is -2.00. The van der Waals surface area contributed by atoms with Crippen LogP contribution in [0, 0.1) is 6.92 Å².